The van der Waals surface area contributed by atoms with E-state index < -0.39 is 5.97 Å². The van der Waals surface area contributed by atoms with Crippen LogP contribution in [0.25, 0.3) is 0 Å². The van der Waals surface area contributed by atoms with Crippen molar-refractivity contribution in [3.05, 3.63) is 59.3 Å². The number of nitrogens with zero attached hydrogens (tertiary/aromatic N) is 1. The highest BCUT2D eigenvalue weighted by atomic mass is 16.5. The Morgan fingerprint density at radius 2 is 1.85 bits per heavy atom. The van der Waals surface area contributed by atoms with Gasteiger partial charge in [-0.2, -0.15) is 0 Å². The monoisotopic (exact) mass is 267 g/mol. The summed E-state index contributed by atoms with van der Waals surface area (Å²) >= 11 is 0. The van der Waals surface area contributed by atoms with Crippen molar-refractivity contribution < 1.29 is 14.3 Å². The first-order chi connectivity index (χ1) is 9.76. The Morgan fingerprint density at radius 1 is 1.10 bits per heavy atom. The second kappa shape index (κ2) is 6.39. The molecule has 4 heteroatoms. The number of esters is 1. The van der Waals surface area contributed by atoms with E-state index in [9.17, 15) is 4.79 Å². The van der Waals surface area contributed by atoms with Gasteiger partial charge in [0.1, 0.15) is 5.56 Å². The highest BCUT2D eigenvalue weighted by Crippen LogP contribution is 2.19. The summed E-state index contributed by atoms with van der Waals surface area (Å²) in [7, 11) is 2.76. The van der Waals surface area contributed by atoms with Crippen LogP contribution in [-0.2, 0) is 4.74 Å². The Kier molecular flexibility index (Phi) is 4.35. The van der Waals surface area contributed by atoms with Crippen LogP contribution in [0.4, 0.5) is 0 Å². The summed E-state index contributed by atoms with van der Waals surface area (Å²) in [5.74, 6) is 5.62. The highest BCUT2D eigenvalue weighted by molar-refractivity contribution is 5.94. The number of aromatic nitrogens is 1. The summed E-state index contributed by atoms with van der Waals surface area (Å²) in [5, 5.41) is 0. The fourth-order valence-electron chi connectivity index (χ4n) is 1.66. The Bertz CT molecular complexity index is 669. The molecule has 0 fully saturated rings. The fraction of sp³-hybridized carbons (Fsp3) is 0.125. The molecule has 0 aliphatic heterocycles. The molecule has 0 amide bonds. The quantitative estimate of drug-likeness (QED) is 0.618. The summed E-state index contributed by atoms with van der Waals surface area (Å²) in [6, 6.07) is 11.2. The normalized spacial score (nSPS) is 9.30. The van der Waals surface area contributed by atoms with E-state index in [1.54, 1.807) is 12.3 Å². The van der Waals surface area contributed by atoms with Crippen LogP contribution in [0.1, 0.15) is 21.5 Å². The number of methoxy groups -OCH3 is 2. The molecular weight excluding hydrogens is 254 g/mol. The van der Waals surface area contributed by atoms with Crippen LogP contribution in [0, 0.1) is 11.8 Å². The zero-order chi connectivity index (χ0) is 14.4. The molecule has 0 spiro atoms. The summed E-state index contributed by atoms with van der Waals surface area (Å²) in [5.41, 5.74) is 1.62. The van der Waals surface area contributed by atoms with E-state index in [1.807, 2.05) is 30.3 Å². The predicted molar refractivity (Wildman–Crippen MR) is 74.6 cm³/mol. The van der Waals surface area contributed by atoms with Crippen molar-refractivity contribution in [2.45, 2.75) is 0 Å². The average Bonchev–Trinajstić information content (AvgIpc) is 2.52. The fourth-order valence-corrected chi connectivity index (χ4v) is 1.66. The zero-order valence-electron chi connectivity index (χ0n) is 11.2. The highest BCUT2D eigenvalue weighted by Gasteiger charge is 2.18. The van der Waals surface area contributed by atoms with E-state index in [4.69, 9.17) is 9.47 Å². The van der Waals surface area contributed by atoms with Crippen LogP contribution in [0.5, 0.6) is 5.88 Å². The molecule has 2 rings (SSSR count). The van der Waals surface area contributed by atoms with Crippen LogP contribution in [0.15, 0.2) is 42.6 Å². The SMILES string of the molecule is COC(=O)c1c(C#Cc2ccccc2)ccnc1OC. The number of pyridine rings is 1. The van der Waals surface area contributed by atoms with Gasteiger partial charge in [0.2, 0.25) is 5.88 Å². The standard InChI is InChI=1S/C16H13NO3/c1-19-15-14(16(18)20-2)13(10-11-17-15)9-8-12-6-4-3-5-7-12/h3-7,10-11H,1-2H3. The van der Waals surface area contributed by atoms with E-state index in [2.05, 4.69) is 16.8 Å². The molecule has 0 bridgehead atoms. The number of carbonyl (C=O) groups is 1. The van der Waals surface area contributed by atoms with Crippen LogP contribution in [0.3, 0.4) is 0 Å². The lowest BCUT2D eigenvalue weighted by Gasteiger charge is -2.06. The van der Waals surface area contributed by atoms with Gasteiger partial charge >= 0.3 is 5.97 Å². The van der Waals surface area contributed by atoms with E-state index >= 15 is 0 Å². The Labute approximate surface area is 117 Å². The van der Waals surface area contributed by atoms with Gasteiger partial charge in [-0.1, -0.05) is 30.0 Å². The van der Waals surface area contributed by atoms with Crippen molar-refractivity contribution in [3.8, 4) is 17.7 Å². The lowest BCUT2D eigenvalue weighted by molar-refractivity contribution is 0.0596. The molecule has 1 heterocycles. The minimum absolute atomic E-state index is 0.205. The molecule has 0 saturated heterocycles. The minimum Gasteiger partial charge on any atom is -0.480 e. The van der Waals surface area contributed by atoms with Gasteiger partial charge in [0.15, 0.2) is 0 Å². The van der Waals surface area contributed by atoms with E-state index in [1.165, 1.54) is 14.2 Å². The number of rotatable bonds is 2. The topological polar surface area (TPSA) is 48.4 Å². The third-order valence-electron chi connectivity index (χ3n) is 2.61. The smallest absolute Gasteiger partial charge is 0.344 e. The molecule has 0 N–H and O–H groups in total. The molecule has 100 valence electrons. The minimum atomic E-state index is -0.521. The van der Waals surface area contributed by atoms with E-state index in [0.29, 0.717) is 5.56 Å². The van der Waals surface area contributed by atoms with Crippen LogP contribution in [0.2, 0.25) is 0 Å². The molecule has 0 saturated carbocycles. The molecule has 0 unspecified atom stereocenters. The summed E-state index contributed by atoms with van der Waals surface area (Å²) < 4.78 is 9.83. The molecule has 0 radical (unpaired) electrons. The lowest BCUT2D eigenvalue weighted by Crippen LogP contribution is -2.08. The first kappa shape index (κ1) is 13.6. The first-order valence-corrected chi connectivity index (χ1v) is 5.94. The van der Waals surface area contributed by atoms with Gasteiger partial charge in [0.05, 0.1) is 14.2 Å². The molecule has 20 heavy (non-hydrogen) atoms. The number of ether oxygens (including phenoxy) is 2. The third-order valence-corrected chi connectivity index (χ3v) is 2.61. The van der Waals surface area contributed by atoms with Crippen molar-refractivity contribution in [1.29, 1.82) is 0 Å². The summed E-state index contributed by atoms with van der Waals surface area (Å²) in [4.78, 5) is 15.8. The number of hydrogen-bond acceptors (Lipinski definition) is 4. The molecule has 1 aromatic heterocycles. The Morgan fingerprint density at radius 3 is 2.50 bits per heavy atom. The van der Waals surface area contributed by atoms with Gasteiger partial charge in [-0.15, -0.1) is 0 Å². The molecule has 0 aliphatic carbocycles. The number of carbonyl (C=O) groups excluding carboxylic acids is 1. The van der Waals surface area contributed by atoms with Crippen LogP contribution in [-0.4, -0.2) is 25.2 Å². The largest absolute Gasteiger partial charge is 0.480 e. The second-order valence-corrected chi connectivity index (χ2v) is 3.85. The molecule has 2 aromatic rings. The maximum absolute atomic E-state index is 11.8. The Hall–Kier alpha value is -2.80. The number of benzene rings is 1. The van der Waals surface area contributed by atoms with Crippen molar-refractivity contribution in [3.63, 3.8) is 0 Å². The predicted octanol–water partition coefficient (Wildman–Crippen LogP) is 2.28. The van der Waals surface area contributed by atoms with E-state index in [0.717, 1.165) is 5.56 Å². The maximum Gasteiger partial charge on any atom is 0.344 e. The van der Waals surface area contributed by atoms with Gasteiger partial charge in [-0.25, -0.2) is 9.78 Å². The van der Waals surface area contributed by atoms with Crippen LogP contribution < -0.4 is 4.74 Å². The second-order valence-electron chi connectivity index (χ2n) is 3.85. The Balaban J connectivity index is 2.47. The van der Waals surface area contributed by atoms with Crippen molar-refractivity contribution >= 4 is 5.97 Å². The molecule has 1 aromatic carbocycles. The molecule has 0 aliphatic rings. The lowest BCUT2D eigenvalue weighted by atomic mass is 10.1. The molecule has 0 atom stereocenters. The van der Waals surface area contributed by atoms with Gasteiger partial charge in [-0.05, 0) is 18.2 Å². The number of hydrogen-bond donors (Lipinski definition) is 0. The third kappa shape index (κ3) is 2.96. The van der Waals surface area contributed by atoms with E-state index in [-0.39, 0.29) is 11.4 Å². The summed E-state index contributed by atoms with van der Waals surface area (Å²) in [6.45, 7) is 0. The van der Waals surface area contributed by atoms with Gasteiger partial charge in [0.25, 0.3) is 0 Å². The van der Waals surface area contributed by atoms with Crippen molar-refractivity contribution in [2.75, 3.05) is 14.2 Å². The zero-order valence-corrected chi connectivity index (χ0v) is 11.2. The maximum atomic E-state index is 11.8. The van der Waals surface area contributed by atoms with Crippen LogP contribution >= 0.6 is 0 Å². The molecular formula is C16H13NO3. The van der Waals surface area contributed by atoms with Crippen molar-refractivity contribution in [1.82, 2.24) is 4.98 Å². The first-order valence-electron chi connectivity index (χ1n) is 5.94. The van der Waals surface area contributed by atoms with Gasteiger partial charge in [0, 0.05) is 17.3 Å². The average molecular weight is 267 g/mol. The van der Waals surface area contributed by atoms with Gasteiger partial charge < -0.3 is 9.47 Å². The van der Waals surface area contributed by atoms with Gasteiger partial charge in [-0.3, -0.25) is 0 Å². The van der Waals surface area contributed by atoms with Crippen molar-refractivity contribution in [2.24, 2.45) is 0 Å². The summed E-state index contributed by atoms with van der Waals surface area (Å²) in [6.07, 6.45) is 1.54. The molecule has 4 nitrogen and oxygen atoms in total.